The second kappa shape index (κ2) is 15.2. The second-order valence-electron chi connectivity index (χ2n) is 16.3. The number of hydrogen-bond acceptors (Lipinski definition) is 9. The van der Waals surface area contributed by atoms with Gasteiger partial charge in [0.15, 0.2) is 11.3 Å². The van der Waals surface area contributed by atoms with Crippen molar-refractivity contribution in [2.75, 3.05) is 56.5 Å². The number of rotatable bonds is 10. The van der Waals surface area contributed by atoms with Crippen LogP contribution >= 0.6 is 0 Å². The van der Waals surface area contributed by atoms with Gasteiger partial charge < -0.3 is 29.5 Å². The number of anilines is 2. The van der Waals surface area contributed by atoms with Crippen LogP contribution in [0.5, 0.6) is 0 Å². The zero-order valence-electron chi connectivity index (χ0n) is 30.8. The number of hydrogen-bond donors (Lipinski definition) is 1. The normalized spacial score (nSPS) is 24.3. The molecule has 7 rings (SSSR count). The molecule has 4 fully saturated rings. The highest BCUT2D eigenvalue weighted by molar-refractivity contribution is 6.08. The third-order valence-electron chi connectivity index (χ3n) is 11.1. The molecule has 1 unspecified atom stereocenters. The largest absolute Gasteiger partial charge is 0.444 e. The number of morpholine rings is 1. The van der Waals surface area contributed by atoms with Crippen LogP contribution in [0.1, 0.15) is 107 Å². The Morgan fingerprint density at radius 2 is 1.75 bits per heavy atom. The Labute approximate surface area is 304 Å². The fraction of sp³-hybridized carbons (Fsp3) is 0.703. The predicted octanol–water partition coefficient (Wildman–Crippen LogP) is 6.18. The number of carbonyl (C=O) groups excluding carboxylic acids is 2. The molecule has 6 heterocycles. The summed E-state index contributed by atoms with van der Waals surface area (Å²) in [6, 6.07) is 1.86. The first-order valence-electron chi connectivity index (χ1n) is 19.0. The number of likely N-dealkylation sites (tertiary alicyclic amines) is 1. The smallest absolute Gasteiger partial charge is 0.410 e. The lowest BCUT2D eigenvalue weighted by Gasteiger charge is -2.35. The monoisotopic (exact) mass is 725 g/mol. The molecule has 2 atom stereocenters. The lowest BCUT2D eigenvalue weighted by Crippen LogP contribution is -2.43. The van der Waals surface area contributed by atoms with Crippen molar-refractivity contribution in [3.05, 3.63) is 35.9 Å². The van der Waals surface area contributed by atoms with Crippen LogP contribution in [0.15, 0.2) is 24.7 Å². The Morgan fingerprint density at radius 1 is 1.04 bits per heavy atom. The molecule has 52 heavy (non-hydrogen) atoms. The number of amides is 2. The maximum atomic E-state index is 14.2. The molecule has 3 aromatic heterocycles. The van der Waals surface area contributed by atoms with Crippen LogP contribution in [-0.4, -0.2) is 110 Å². The third-order valence-corrected chi connectivity index (χ3v) is 11.1. The minimum absolute atomic E-state index is 0.00937. The van der Waals surface area contributed by atoms with Gasteiger partial charge in [0.2, 0.25) is 0 Å². The summed E-state index contributed by atoms with van der Waals surface area (Å²) in [5.41, 5.74) is -0.317. The summed E-state index contributed by atoms with van der Waals surface area (Å²) >= 11 is 0. The summed E-state index contributed by atoms with van der Waals surface area (Å²) in [6.45, 7) is 10.7. The van der Waals surface area contributed by atoms with E-state index in [0.29, 0.717) is 17.5 Å². The maximum absolute atomic E-state index is 14.2. The van der Waals surface area contributed by atoms with E-state index in [-0.39, 0.29) is 35.6 Å². The van der Waals surface area contributed by atoms with Crippen LogP contribution in [0.3, 0.4) is 0 Å². The van der Waals surface area contributed by atoms with Gasteiger partial charge in [-0.25, -0.2) is 23.1 Å². The zero-order valence-corrected chi connectivity index (χ0v) is 30.8. The molecule has 1 saturated carbocycles. The molecule has 0 aromatic carbocycles. The van der Waals surface area contributed by atoms with E-state index in [9.17, 15) is 18.4 Å². The van der Waals surface area contributed by atoms with Crippen molar-refractivity contribution in [1.82, 2.24) is 34.2 Å². The Balaban J connectivity index is 0.898. The molecular weight excluding hydrogens is 672 g/mol. The van der Waals surface area contributed by atoms with E-state index in [0.717, 1.165) is 103 Å². The fourth-order valence-corrected chi connectivity index (χ4v) is 8.29. The molecular formula is C37H53F2N9O4. The molecule has 13 nitrogen and oxygen atoms in total. The van der Waals surface area contributed by atoms with E-state index >= 15 is 0 Å². The Kier molecular flexibility index (Phi) is 10.7. The fourth-order valence-electron chi connectivity index (χ4n) is 8.29. The summed E-state index contributed by atoms with van der Waals surface area (Å²) in [6.07, 6.45) is 10.9. The minimum atomic E-state index is -2.84. The number of nitrogens with one attached hydrogen (secondary N) is 1. The Bertz CT molecular complexity index is 1700. The van der Waals surface area contributed by atoms with Gasteiger partial charge in [-0.2, -0.15) is 10.2 Å². The summed E-state index contributed by atoms with van der Waals surface area (Å²) in [5.74, 6) is 1.31. The molecule has 3 aliphatic heterocycles. The number of nitrogens with zero attached hydrogens (tertiary/aromatic N) is 8. The Hall–Kier alpha value is -3.85. The average molecular weight is 726 g/mol. The first kappa shape index (κ1) is 36.5. The lowest BCUT2D eigenvalue weighted by atomic mass is 9.85. The van der Waals surface area contributed by atoms with Crippen molar-refractivity contribution in [3.63, 3.8) is 0 Å². The molecule has 0 radical (unpaired) electrons. The van der Waals surface area contributed by atoms with Gasteiger partial charge in [0, 0.05) is 45.1 Å². The highest BCUT2D eigenvalue weighted by Gasteiger charge is 2.35. The number of piperidine rings is 1. The lowest BCUT2D eigenvalue weighted by molar-refractivity contribution is 0.0177. The topological polar surface area (TPSA) is 122 Å². The molecule has 3 aromatic rings. The van der Waals surface area contributed by atoms with Gasteiger partial charge in [0.05, 0.1) is 30.1 Å². The van der Waals surface area contributed by atoms with E-state index in [4.69, 9.17) is 14.5 Å². The molecule has 3 saturated heterocycles. The van der Waals surface area contributed by atoms with Gasteiger partial charge in [0.25, 0.3) is 12.3 Å². The number of alkyl halides is 2. The minimum Gasteiger partial charge on any atom is -0.444 e. The summed E-state index contributed by atoms with van der Waals surface area (Å²) in [5, 5.41) is 11.3. The highest BCUT2D eigenvalue weighted by Crippen LogP contribution is 2.36. The van der Waals surface area contributed by atoms with Crippen LogP contribution in [0.4, 0.5) is 25.1 Å². The molecule has 0 spiro atoms. The van der Waals surface area contributed by atoms with Crippen molar-refractivity contribution >= 4 is 29.2 Å². The number of halogens is 2. The zero-order chi connectivity index (χ0) is 36.6. The van der Waals surface area contributed by atoms with Gasteiger partial charge in [-0.15, -0.1) is 0 Å². The summed E-state index contributed by atoms with van der Waals surface area (Å²) in [7, 11) is 2.17. The SMILES string of the molecule is CN(CCC1CCN(C(=O)OC(C)(C)C)CC1)CC1CCC(n2cc(NC(=O)c3cnn4ccc(N5CC6CC[C@H](C5)O6)nc34)c(C(F)F)n2)CC1. The van der Waals surface area contributed by atoms with Gasteiger partial charge >= 0.3 is 6.09 Å². The standard InChI is InChI=1S/C37H53F2N9O4/c1-37(2,3)52-36(50)45-16-12-24(13-17-45)11-15-44(4)20-25-5-7-26(8-6-25)48-23-30(32(43-48)33(38)39)41-35(49)29-19-40-47-18-14-31(42-34(29)47)46-21-27-9-10-28(22-46)51-27/h14,18-19,23-28,33H,5-13,15-17,20-22H2,1-4H3,(H,41,49)/t25?,26?,27-,28?/m1/s1. The predicted molar refractivity (Wildman–Crippen MR) is 192 cm³/mol. The molecule has 15 heteroatoms. The number of fused-ring (bicyclic) bond motifs is 3. The molecule has 2 bridgehead atoms. The van der Waals surface area contributed by atoms with Crippen LogP contribution < -0.4 is 10.2 Å². The third kappa shape index (κ3) is 8.51. The van der Waals surface area contributed by atoms with Crippen molar-refractivity contribution in [2.45, 2.75) is 109 Å². The quantitative estimate of drug-likeness (QED) is 0.261. The van der Waals surface area contributed by atoms with Crippen molar-refractivity contribution in [3.8, 4) is 0 Å². The summed E-state index contributed by atoms with van der Waals surface area (Å²) in [4.78, 5) is 37.1. The van der Waals surface area contributed by atoms with E-state index in [1.807, 2.05) is 31.7 Å². The van der Waals surface area contributed by atoms with E-state index in [1.54, 1.807) is 17.1 Å². The molecule has 4 aliphatic rings. The first-order valence-corrected chi connectivity index (χ1v) is 19.0. The molecule has 2 amide bonds. The number of aromatic nitrogens is 5. The number of carbonyl (C=O) groups is 2. The van der Waals surface area contributed by atoms with Crippen molar-refractivity contribution < 1.29 is 27.8 Å². The second-order valence-corrected chi connectivity index (χ2v) is 16.3. The van der Waals surface area contributed by atoms with Crippen LogP contribution in [0.2, 0.25) is 0 Å². The van der Waals surface area contributed by atoms with E-state index < -0.39 is 23.6 Å². The van der Waals surface area contributed by atoms with Crippen LogP contribution in [-0.2, 0) is 9.47 Å². The average Bonchev–Trinajstić information content (AvgIpc) is 3.83. The highest BCUT2D eigenvalue weighted by atomic mass is 19.3. The summed E-state index contributed by atoms with van der Waals surface area (Å²) < 4.78 is 43.1. The van der Waals surface area contributed by atoms with Gasteiger partial charge in [-0.3, -0.25) is 9.48 Å². The van der Waals surface area contributed by atoms with Crippen LogP contribution in [0.25, 0.3) is 5.65 Å². The van der Waals surface area contributed by atoms with Crippen LogP contribution in [0, 0.1) is 11.8 Å². The van der Waals surface area contributed by atoms with Crippen molar-refractivity contribution in [1.29, 1.82) is 0 Å². The maximum Gasteiger partial charge on any atom is 0.410 e. The van der Waals surface area contributed by atoms with E-state index in [2.05, 4.69) is 32.4 Å². The molecule has 284 valence electrons. The molecule has 1 N–H and O–H groups in total. The number of ether oxygens (including phenoxy) is 2. The van der Waals surface area contributed by atoms with Crippen molar-refractivity contribution in [2.24, 2.45) is 11.8 Å². The van der Waals surface area contributed by atoms with Gasteiger partial charge in [-0.1, -0.05) is 0 Å². The van der Waals surface area contributed by atoms with Gasteiger partial charge in [-0.05, 0) is 110 Å². The van der Waals surface area contributed by atoms with Gasteiger partial charge in [0.1, 0.15) is 17.0 Å². The first-order chi connectivity index (χ1) is 24.9. The molecule has 1 aliphatic carbocycles. The Morgan fingerprint density at radius 3 is 2.42 bits per heavy atom. The van der Waals surface area contributed by atoms with E-state index in [1.165, 1.54) is 10.7 Å².